The first-order valence-electron chi connectivity index (χ1n) is 9.75. The summed E-state index contributed by atoms with van der Waals surface area (Å²) in [5, 5.41) is 9.18. The van der Waals surface area contributed by atoms with Crippen LogP contribution >= 0.6 is 0 Å². The van der Waals surface area contributed by atoms with Gasteiger partial charge in [0.15, 0.2) is 0 Å². The van der Waals surface area contributed by atoms with Crippen LogP contribution < -0.4 is 4.74 Å². The summed E-state index contributed by atoms with van der Waals surface area (Å²) < 4.78 is 16.3. The molecule has 156 valence electrons. The molecular formula is C22H28N2O5. The molecule has 0 saturated carbocycles. The predicted octanol–water partition coefficient (Wildman–Crippen LogP) is 3.91. The SMILES string of the molecule is CCOC(=O)C=Cc1ccc(C#N)cc1OCC1CCCN1C(=O)OC(C)(C)C. The molecule has 2 rings (SSSR count). The molecule has 1 atom stereocenters. The molecule has 1 fully saturated rings. The van der Waals surface area contributed by atoms with Gasteiger partial charge in [0.2, 0.25) is 0 Å². The monoisotopic (exact) mass is 400 g/mol. The van der Waals surface area contributed by atoms with Gasteiger partial charge in [-0.3, -0.25) is 0 Å². The number of carbonyl (C=O) groups excluding carboxylic acids is 2. The molecule has 7 nitrogen and oxygen atoms in total. The zero-order valence-electron chi connectivity index (χ0n) is 17.4. The molecule has 29 heavy (non-hydrogen) atoms. The van der Waals surface area contributed by atoms with E-state index in [0.717, 1.165) is 12.8 Å². The van der Waals surface area contributed by atoms with E-state index in [-0.39, 0.29) is 18.7 Å². The zero-order chi connectivity index (χ0) is 21.4. The van der Waals surface area contributed by atoms with Crippen LogP contribution in [-0.2, 0) is 14.3 Å². The van der Waals surface area contributed by atoms with Crippen LogP contribution in [0.3, 0.4) is 0 Å². The van der Waals surface area contributed by atoms with Crippen molar-refractivity contribution in [3.05, 3.63) is 35.4 Å². The molecule has 1 amide bonds. The fourth-order valence-corrected chi connectivity index (χ4v) is 2.97. The number of nitriles is 1. The van der Waals surface area contributed by atoms with Crippen molar-refractivity contribution in [3.8, 4) is 11.8 Å². The number of benzene rings is 1. The maximum absolute atomic E-state index is 12.4. The number of rotatable bonds is 6. The topological polar surface area (TPSA) is 88.9 Å². The molecule has 0 N–H and O–H groups in total. The average molecular weight is 400 g/mol. The summed E-state index contributed by atoms with van der Waals surface area (Å²) >= 11 is 0. The van der Waals surface area contributed by atoms with Crippen molar-refractivity contribution >= 4 is 18.1 Å². The number of hydrogen-bond acceptors (Lipinski definition) is 6. The van der Waals surface area contributed by atoms with Gasteiger partial charge in [0, 0.05) is 18.2 Å². The highest BCUT2D eigenvalue weighted by molar-refractivity contribution is 5.87. The number of amides is 1. The quantitative estimate of drug-likeness (QED) is 0.531. The van der Waals surface area contributed by atoms with Crippen molar-refractivity contribution in [3.63, 3.8) is 0 Å². The standard InChI is InChI=1S/C22H28N2O5/c1-5-27-20(25)11-10-17-9-8-16(14-23)13-19(17)28-15-18-7-6-12-24(18)21(26)29-22(2,3)4/h8-11,13,18H,5-7,12,15H2,1-4H3. The predicted molar refractivity (Wildman–Crippen MR) is 108 cm³/mol. The van der Waals surface area contributed by atoms with E-state index in [1.54, 1.807) is 36.1 Å². The highest BCUT2D eigenvalue weighted by atomic mass is 16.6. The molecule has 0 aromatic heterocycles. The first kappa shape index (κ1) is 22.3. The van der Waals surface area contributed by atoms with Gasteiger partial charge < -0.3 is 19.1 Å². The summed E-state index contributed by atoms with van der Waals surface area (Å²) in [5.74, 6) is 0.0235. The van der Waals surface area contributed by atoms with Crippen LogP contribution in [0.1, 0.15) is 51.7 Å². The van der Waals surface area contributed by atoms with Crippen LogP contribution in [0.5, 0.6) is 5.75 Å². The van der Waals surface area contributed by atoms with E-state index in [9.17, 15) is 14.9 Å². The van der Waals surface area contributed by atoms with Gasteiger partial charge in [-0.05, 0) is 64.8 Å². The van der Waals surface area contributed by atoms with Gasteiger partial charge in [-0.15, -0.1) is 0 Å². The molecular weight excluding hydrogens is 372 g/mol. The van der Waals surface area contributed by atoms with Crippen molar-refractivity contribution in [2.24, 2.45) is 0 Å². The van der Waals surface area contributed by atoms with E-state index in [1.807, 2.05) is 20.8 Å². The molecule has 1 saturated heterocycles. The van der Waals surface area contributed by atoms with Crippen molar-refractivity contribution in [1.29, 1.82) is 5.26 Å². The molecule has 0 aliphatic carbocycles. The number of carbonyl (C=O) groups is 2. The minimum Gasteiger partial charge on any atom is -0.491 e. The molecule has 0 bridgehead atoms. The van der Waals surface area contributed by atoms with Gasteiger partial charge in [-0.25, -0.2) is 9.59 Å². The molecule has 0 radical (unpaired) electrons. The third-order valence-corrected chi connectivity index (χ3v) is 4.26. The van der Waals surface area contributed by atoms with Crippen molar-refractivity contribution < 1.29 is 23.8 Å². The Morgan fingerprint density at radius 2 is 2.10 bits per heavy atom. The molecule has 1 heterocycles. The molecule has 0 spiro atoms. The first-order chi connectivity index (χ1) is 13.7. The zero-order valence-corrected chi connectivity index (χ0v) is 17.4. The molecule has 1 unspecified atom stereocenters. The summed E-state index contributed by atoms with van der Waals surface area (Å²) in [5.41, 5.74) is 0.541. The Balaban J connectivity index is 2.11. The number of esters is 1. The Bertz CT molecular complexity index is 804. The van der Waals surface area contributed by atoms with Gasteiger partial charge in [0.25, 0.3) is 0 Å². The summed E-state index contributed by atoms with van der Waals surface area (Å²) in [7, 11) is 0. The van der Waals surface area contributed by atoms with Crippen LogP contribution in [0.4, 0.5) is 4.79 Å². The van der Waals surface area contributed by atoms with Gasteiger partial charge in [-0.2, -0.15) is 5.26 Å². The Labute approximate surface area is 171 Å². The van der Waals surface area contributed by atoms with Gasteiger partial charge in [0.05, 0.1) is 24.3 Å². The van der Waals surface area contributed by atoms with Crippen LogP contribution in [0.25, 0.3) is 6.08 Å². The third-order valence-electron chi connectivity index (χ3n) is 4.26. The minimum atomic E-state index is -0.558. The van der Waals surface area contributed by atoms with Gasteiger partial charge in [0.1, 0.15) is 18.0 Å². The lowest BCUT2D eigenvalue weighted by molar-refractivity contribution is -0.137. The second-order valence-corrected chi connectivity index (χ2v) is 7.73. The van der Waals surface area contributed by atoms with Crippen molar-refractivity contribution in [1.82, 2.24) is 4.90 Å². The molecule has 1 aliphatic heterocycles. The maximum Gasteiger partial charge on any atom is 0.410 e. The first-order valence-corrected chi connectivity index (χ1v) is 9.75. The van der Waals surface area contributed by atoms with Crippen molar-refractivity contribution in [2.75, 3.05) is 19.8 Å². The van der Waals surface area contributed by atoms with E-state index >= 15 is 0 Å². The minimum absolute atomic E-state index is 0.113. The molecule has 1 aromatic carbocycles. The maximum atomic E-state index is 12.4. The third kappa shape index (κ3) is 6.83. The van der Waals surface area contributed by atoms with Crippen molar-refractivity contribution in [2.45, 2.75) is 52.2 Å². The lowest BCUT2D eigenvalue weighted by Crippen LogP contribution is -2.42. The fourth-order valence-electron chi connectivity index (χ4n) is 2.97. The Kier molecular flexibility index (Phi) is 7.66. The number of likely N-dealkylation sites (tertiary alicyclic amines) is 1. The van der Waals surface area contributed by atoms with E-state index < -0.39 is 11.6 Å². The van der Waals surface area contributed by atoms with E-state index in [1.165, 1.54) is 6.08 Å². The Hall–Kier alpha value is -3.01. The summed E-state index contributed by atoms with van der Waals surface area (Å²) in [4.78, 5) is 25.7. The lowest BCUT2D eigenvalue weighted by Gasteiger charge is -2.28. The second kappa shape index (κ2) is 9.97. The van der Waals surface area contributed by atoms with Crippen LogP contribution in [0.2, 0.25) is 0 Å². The lowest BCUT2D eigenvalue weighted by atomic mass is 10.1. The van der Waals surface area contributed by atoms with Crippen LogP contribution in [-0.4, -0.2) is 48.4 Å². The Morgan fingerprint density at radius 3 is 2.76 bits per heavy atom. The average Bonchev–Trinajstić information content (AvgIpc) is 3.12. The van der Waals surface area contributed by atoms with Crippen LogP contribution in [0.15, 0.2) is 24.3 Å². The summed E-state index contributed by atoms with van der Waals surface area (Å²) in [6.45, 7) is 8.43. The second-order valence-electron chi connectivity index (χ2n) is 7.73. The van der Waals surface area contributed by atoms with Crippen LogP contribution in [0, 0.1) is 11.3 Å². The van der Waals surface area contributed by atoms with E-state index in [4.69, 9.17) is 14.2 Å². The smallest absolute Gasteiger partial charge is 0.410 e. The van der Waals surface area contributed by atoms with E-state index in [2.05, 4.69) is 6.07 Å². The normalized spacial score (nSPS) is 16.5. The highest BCUT2D eigenvalue weighted by Crippen LogP contribution is 2.25. The summed E-state index contributed by atoms with van der Waals surface area (Å²) in [6.07, 6.45) is 4.25. The van der Waals surface area contributed by atoms with Gasteiger partial charge >= 0.3 is 12.1 Å². The largest absolute Gasteiger partial charge is 0.491 e. The van der Waals surface area contributed by atoms with Gasteiger partial charge in [-0.1, -0.05) is 0 Å². The number of nitrogens with zero attached hydrogens (tertiary/aromatic N) is 2. The molecule has 7 heteroatoms. The Morgan fingerprint density at radius 1 is 1.34 bits per heavy atom. The number of ether oxygens (including phenoxy) is 3. The fraction of sp³-hybridized carbons (Fsp3) is 0.500. The number of hydrogen-bond donors (Lipinski definition) is 0. The summed E-state index contributed by atoms with van der Waals surface area (Å²) in [6, 6.07) is 6.95. The molecule has 1 aliphatic rings. The van der Waals surface area contributed by atoms with E-state index in [0.29, 0.717) is 30.0 Å². The molecule has 1 aromatic rings. The highest BCUT2D eigenvalue weighted by Gasteiger charge is 2.32.